The van der Waals surface area contributed by atoms with Gasteiger partial charge in [-0.05, 0) is 41.4 Å². The molecule has 0 radical (unpaired) electrons. The molecule has 15 heavy (non-hydrogen) atoms. The zero-order valence-corrected chi connectivity index (χ0v) is 9.71. The van der Waals surface area contributed by atoms with Crippen LogP contribution in [0.3, 0.4) is 0 Å². The number of hydrogen-bond acceptors (Lipinski definition) is 3. The molecule has 3 heterocycles. The third-order valence-corrected chi connectivity index (χ3v) is 3.15. The van der Waals surface area contributed by atoms with E-state index in [9.17, 15) is 0 Å². The third-order valence-electron chi connectivity index (χ3n) is 2.71. The molecule has 5 heteroatoms. The van der Waals surface area contributed by atoms with Crippen LogP contribution < -0.4 is 5.32 Å². The van der Waals surface area contributed by atoms with E-state index in [0.717, 1.165) is 34.4 Å². The number of aromatic amines is 1. The number of H-pyrrole nitrogens is 1. The minimum absolute atomic E-state index is 0.373. The van der Waals surface area contributed by atoms with Crippen LogP contribution in [0.5, 0.6) is 0 Å². The van der Waals surface area contributed by atoms with Crippen molar-refractivity contribution < 1.29 is 0 Å². The number of imidazole rings is 1. The quantitative estimate of drug-likeness (QED) is 0.832. The van der Waals surface area contributed by atoms with Crippen molar-refractivity contribution in [2.45, 2.75) is 18.9 Å². The van der Waals surface area contributed by atoms with Gasteiger partial charge in [-0.2, -0.15) is 0 Å². The molecule has 3 rings (SSSR count). The van der Waals surface area contributed by atoms with E-state index in [1.54, 1.807) is 6.20 Å². The molecule has 0 amide bonds. The van der Waals surface area contributed by atoms with Gasteiger partial charge in [-0.25, -0.2) is 9.97 Å². The summed E-state index contributed by atoms with van der Waals surface area (Å²) >= 11 is 3.40. The molecule has 2 aromatic heterocycles. The van der Waals surface area contributed by atoms with Gasteiger partial charge in [0.1, 0.15) is 5.82 Å². The van der Waals surface area contributed by atoms with Gasteiger partial charge in [-0.3, -0.25) is 0 Å². The molecule has 1 unspecified atom stereocenters. The van der Waals surface area contributed by atoms with Crippen molar-refractivity contribution in [3.63, 3.8) is 0 Å². The summed E-state index contributed by atoms with van der Waals surface area (Å²) in [5.74, 6) is 1.01. The number of pyridine rings is 1. The summed E-state index contributed by atoms with van der Waals surface area (Å²) in [7, 11) is 0. The Hall–Kier alpha value is -0.940. The van der Waals surface area contributed by atoms with Crippen LogP contribution in [0.2, 0.25) is 0 Å². The van der Waals surface area contributed by atoms with Crippen molar-refractivity contribution >= 4 is 27.1 Å². The highest BCUT2D eigenvalue weighted by Crippen LogP contribution is 2.23. The Labute approximate surface area is 95.6 Å². The van der Waals surface area contributed by atoms with E-state index < -0.39 is 0 Å². The molecule has 1 fully saturated rings. The zero-order chi connectivity index (χ0) is 10.3. The van der Waals surface area contributed by atoms with E-state index in [4.69, 9.17) is 0 Å². The summed E-state index contributed by atoms with van der Waals surface area (Å²) in [5, 5.41) is 3.42. The summed E-state index contributed by atoms with van der Waals surface area (Å²) in [6.45, 7) is 1.08. The second kappa shape index (κ2) is 3.57. The second-order valence-corrected chi connectivity index (χ2v) is 4.71. The van der Waals surface area contributed by atoms with Crippen molar-refractivity contribution in [3.8, 4) is 0 Å². The van der Waals surface area contributed by atoms with Crippen LogP contribution in [0.4, 0.5) is 0 Å². The molecular weight excluding hydrogens is 256 g/mol. The van der Waals surface area contributed by atoms with Crippen molar-refractivity contribution in [2.75, 3.05) is 6.54 Å². The summed E-state index contributed by atoms with van der Waals surface area (Å²) in [4.78, 5) is 12.1. The fourth-order valence-electron chi connectivity index (χ4n) is 1.98. The van der Waals surface area contributed by atoms with Crippen LogP contribution in [0, 0.1) is 0 Å². The van der Waals surface area contributed by atoms with E-state index in [2.05, 4.69) is 36.2 Å². The SMILES string of the molecule is Brc1cnc2nc(C3CCCN3)[nH]c2c1. The van der Waals surface area contributed by atoms with Gasteiger partial charge >= 0.3 is 0 Å². The van der Waals surface area contributed by atoms with Crippen LogP contribution >= 0.6 is 15.9 Å². The Morgan fingerprint density at radius 1 is 1.47 bits per heavy atom. The van der Waals surface area contributed by atoms with Gasteiger partial charge in [0.25, 0.3) is 0 Å². The summed E-state index contributed by atoms with van der Waals surface area (Å²) in [6, 6.07) is 2.38. The minimum atomic E-state index is 0.373. The molecule has 1 aliphatic rings. The lowest BCUT2D eigenvalue weighted by molar-refractivity contribution is 0.614. The summed E-state index contributed by atoms with van der Waals surface area (Å²) < 4.78 is 0.976. The minimum Gasteiger partial charge on any atom is -0.339 e. The van der Waals surface area contributed by atoms with Gasteiger partial charge in [-0.15, -0.1) is 0 Å². The largest absolute Gasteiger partial charge is 0.339 e. The van der Waals surface area contributed by atoms with Crippen molar-refractivity contribution in [1.82, 2.24) is 20.3 Å². The van der Waals surface area contributed by atoms with Crippen molar-refractivity contribution in [2.24, 2.45) is 0 Å². The molecule has 4 nitrogen and oxygen atoms in total. The molecule has 2 N–H and O–H groups in total. The third kappa shape index (κ3) is 1.66. The van der Waals surface area contributed by atoms with Gasteiger partial charge in [-0.1, -0.05) is 0 Å². The number of rotatable bonds is 1. The molecular formula is C10H11BrN4. The monoisotopic (exact) mass is 266 g/mol. The molecule has 1 saturated heterocycles. The highest BCUT2D eigenvalue weighted by atomic mass is 79.9. The lowest BCUT2D eigenvalue weighted by atomic mass is 10.2. The summed E-state index contributed by atoms with van der Waals surface area (Å²) in [5.41, 5.74) is 1.79. The Bertz CT molecular complexity index is 487. The van der Waals surface area contributed by atoms with Gasteiger partial charge < -0.3 is 10.3 Å². The fraction of sp³-hybridized carbons (Fsp3) is 0.400. The normalized spacial score (nSPS) is 21.3. The van der Waals surface area contributed by atoms with Crippen molar-refractivity contribution in [1.29, 1.82) is 0 Å². The maximum Gasteiger partial charge on any atom is 0.177 e. The molecule has 0 spiro atoms. The van der Waals surface area contributed by atoms with Crippen LogP contribution in [-0.4, -0.2) is 21.5 Å². The van der Waals surface area contributed by atoms with Crippen molar-refractivity contribution in [3.05, 3.63) is 22.6 Å². The van der Waals surface area contributed by atoms with E-state index in [0.29, 0.717) is 6.04 Å². The van der Waals surface area contributed by atoms with E-state index in [1.165, 1.54) is 6.42 Å². The maximum atomic E-state index is 4.49. The lowest BCUT2D eigenvalue weighted by Gasteiger charge is -2.04. The molecule has 1 aliphatic heterocycles. The first-order valence-electron chi connectivity index (χ1n) is 5.07. The molecule has 0 saturated carbocycles. The average molecular weight is 267 g/mol. The van der Waals surface area contributed by atoms with E-state index in [-0.39, 0.29) is 0 Å². The average Bonchev–Trinajstić information content (AvgIpc) is 2.84. The van der Waals surface area contributed by atoms with Gasteiger partial charge in [0.2, 0.25) is 0 Å². The van der Waals surface area contributed by atoms with E-state index >= 15 is 0 Å². The molecule has 1 atom stereocenters. The Morgan fingerprint density at radius 3 is 3.20 bits per heavy atom. The lowest BCUT2D eigenvalue weighted by Crippen LogP contribution is -2.14. The standard InChI is InChI=1S/C10H11BrN4/c11-6-4-8-9(13-5-6)15-10(14-8)7-2-1-3-12-7/h4-5,7,12H,1-3H2,(H,13,14,15). The molecule has 78 valence electrons. The first-order valence-corrected chi connectivity index (χ1v) is 5.87. The molecule has 2 aromatic rings. The predicted molar refractivity (Wildman–Crippen MR) is 61.6 cm³/mol. The maximum absolute atomic E-state index is 4.49. The van der Waals surface area contributed by atoms with Gasteiger partial charge in [0.05, 0.1) is 11.6 Å². The van der Waals surface area contributed by atoms with Crippen LogP contribution in [0.1, 0.15) is 24.7 Å². The first-order chi connectivity index (χ1) is 7.33. The fourth-order valence-corrected chi connectivity index (χ4v) is 2.31. The number of aromatic nitrogens is 3. The van der Waals surface area contributed by atoms with Gasteiger partial charge in [0, 0.05) is 10.7 Å². The first kappa shape index (κ1) is 9.30. The van der Waals surface area contributed by atoms with Gasteiger partial charge in [0.15, 0.2) is 5.65 Å². The van der Waals surface area contributed by atoms with Crippen LogP contribution in [0.15, 0.2) is 16.7 Å². The predicted octanol–water partition coefficient (Wildman–Crippen LogP) is 2.14. The zero-order valence-electron chi connectivity index (χ0n) is 8.13. The van der Waals surface area contributed by atoms with Crippen LogP contribution in [0.25, 0.3) is 11.2 Å². The smallest absolute Gasteiger partial charge is 0.177 e. The molecule has 0 aromatic carbocycles. The number of halogens is 1. The highest BCUT2D eigenvalue weighted by molar-refractivity contribution is 9.10. The number of nitrogens with one attached hydrogen (secondary N) is 2. The Morgan fingerprint density at radius 2 is 2.40 bits per heavy atom. The molecule has 0 bridgehead atoms. The molecule has 0 aliphatic carbocycles. The Kier molecular flexibility index (Phi) is 2.21. The van der Waals surface area contributed by atoms with Crippen LogP contribution in [-0.2, 0) is 0 Å². The number of nitrogens with zero attached hydrogens (tertiary/aromatic N) is 2. The second-order valence-electron chi connectivity index (χ2n) is 3.80. The Balaban J connectivity index is 2.05. The summed E-state index contributed by atoms with van der Waals surface area (Å²) in [6.07, 6.45) is 4.15. The topological polar surface area (TPSA) is 53.6 Å². The number of hydrogen-bond donors (Lipinski definition) is 2. The van der Waals surface area contributed by atoms with E-state index in [1.807, 2.05) is 6.07 Å². The highest BCUT2D eigenvalue weighted by Gasteiger charge is 2.19. The number of fused-ring (bicyclic) bond motifs is 1.